The second kappa shape index (κ2) is 5.48. The van der Waals surface area contributed by atoms with Gasteiger partial charge in [-0.3, -0.25) is 4.90 Å². The quantitative estimate of drug-likeness (QED) is 0.908. The first-order valence-electron chi connectivity index (χ1n) is 7.26. The number of nitrogens with zero attached hydrogens (tertiary/aromatic N) is 3. The van der Waals surface area contributed by atoms with Gasteiger partial charge in [0.1, 0.15) is 0 Å². The van der Waals surface area contributed by atoms with Crippen LogP contribution in [-0.4, -0.2) is 53.0 Å². The second-order valence-electron chi connectivity index (χ2n) is 6.05. The Kier molecular flexibility index (Phi) is 3.89. The van der Waals surface area contributed by atoms with Gasteiger partial charge in [0.2, 0.25) is 0 Å². The topological polar surface area (TPSA) is 45.4 Å². The molecule has 1 aromatic heterocycles. The van der Waals surface area contributed by atoms with Crippen LogP contribution in [0.5, 0.6) is 0 Å². The molecule has 1 aromatic rings. The lowest BCUT2D eigenvalue weighted by atomic mass is 9.82. The summed E-state index contributed by atoms with van der Waals surface area (Å²) in [4.78, 5) is 9.52. The van der Waals surface area contributed by atoms with Crippen LogP contribution in [0.1, 0.15) is 31.4 Å². The van der Waals surface area contributed by atoms with E-state index in [1.165, 1.54) is 44.5 Å². The first kappa shape index (κ1) is 13.5. The van der Waals surface area contributed by atoms with Crippen molar-refractivity contribution in [2.24, 2.45) is 5.73 Å². The van der Waals surface area contributed by atoms with Crippen molar-refractivity contribution in [1.29, 1.82) is 0 Å². The van der Waals surface area contributed by atoms with Crippen molar-refractivity contribution in [3.05, 3.63) is 16.6 Å². The molecule has 2 N–H and O–H groups in total. The maximum absolute atomic E-state index is 6.17. The van der Waals surface area contributed by atoms with Crippen molar-refractivity contribution in [1.82, 2.24) is 14.8 Å². The van der Waals surface area contributed by atoms with Gasteiger partial charge >= 0.3 is 0 Å². The number of hydrogen-bond donors (Lipinski definition) is 1. The molecule has 0 radical (unpaired) electrons. The number of piperidine rings is 1. The summed E-state index contributed by atoms with van der Waals surface area (Å²) in [6.45, 7) is 4.19. The molecule has 5 heteroatoms. The van der Waals surface area contributed by atoms with Crippen LogP contribution in [0.4, 0.5) is 0 Å². The van der Waals surface area contributed by atoms with E-state index in [9.17, 15) is 0 Å². The third-order valence-electron chi connectivity index (χ3n) is 5.05. The highest BCUT2D eigenvalue weighted by Gasteiger charge is 2.43. The van der Waals surface area contributed by atoms with E-state index in [-0.39, 0.29) is 5.54 Å². The predicted octanol–water partition coefficient (Wildman–Crippen LogP) is 1.53. The normalized spacial score (nSPS) is 31.8. The van der Waals surface area contributed by atoms with Crippen molar-refractivity contribution in [2.45, 2.75) is 43.8 Å². The largest absolute Gasteiger partial charge is 0.329 e. The number of nitrogens with two attached hydrogens (primary N) is 1. The molecule has 2 saturated heterocycles. The summed E-state index contributed by atoms with van der Waals surface area (Å²) < 4.78 is 0. The summed E-state index contributed by atoms with van der Waals surface area (Å²) in [6, 6.07) is 0.759. The SMILES string of the molecule is CN(Cc1cscn1)C1(CN)CCN2CCCC2C1. The van der Waals surface area contributed by atoms with Crippen molar-refractivity contribution >= 4 is 11.3 Å². The van der Waals surface area contributed by atoms with E-state index in [0.29, 0.717) is 0 Å². The summed E-state index contributed by atoms with van der Waals surface area (Å²) in [6.07, 6.45) is 5.14. The molecule has 2 fully saturated rings. The highest BCUT2D eigenvalue weighted by atomic mass is 32.1. The summed E-state index contributed by atoms with van der Waals surface area (Å²) >= 11 is 1.67. The van der Waals surface area contributed by atoms with Gasteiger partial charge in [-0.05, 0) is 39.3 Å². The Balaban J connectivity index is 1.71. The third-order valence-corrected chi connectivity index (χ3v) is 5.69. The van der Waals surface area contributed by atoms with E-state index in [1.54, 1.807) is 11.3 Å². The lowest BCUT2D eigenvalue weighted by Crippen LogP contribution is -2.59. The predicted molar refractivity (Wildman–Crippen MR) is 79.2 cm³/mol. The fourth-order valence-electron chi connectivity index (χ4n) is 3.73. The molecule has 19 heavy (non-hydrogen) atoms. The molecular weight excluding hydrogens is 256 g/mol. The molecule has 2 atom stereocenters. The Bertz CT molecular complexity index is 408. The molecule has 106 valence electrons. The Morgan fingerprint density at radius 3 is 3.21 bits per heavy atom. The molecule has 2 unspecified atom stereocenters. The van der Waals surface area contributed by atoms with E-state index in [0.717, 1.165) is 19.1 Å². The van der Waals surface area contributed by atoms with Gasteiger partial charge in [-0.2, -0.15) is 0 Å². The average Bonchev–Trinajstić information content (AvgIpc) is 3.08. The zero-order valence-corrected chi connectivity index (χ0v) is 12.5. The molecule has 0 amide bonds. The summed E-state index contributed by atoms with van der Waals surface area (Å²) in [5, 5.41) is 2.14. The van der Waals surface area contributed by atoms with Crippen molar-refractivity contribution in [3.8, 4) is 0 Å². The molecule has 0 bridgehead atoms. The van der Waals surface area contributed by atoms with Crippen LogP contribution >= 0.6 is 11.3 Å². The van der Waals surface area contributed by atoms with Crippen LogP contribution in [0.2, 0.25) is 0 Å². The molecular formula is C14H24N4S. The van der Waals surface area contributed by atoms with Crippen LogP contribution in [0.3, 0.4) is 0 Å². The van der Waals surface area contributed by atoms with Crippen molar-refractivity contribution in [3.63, 3.8) is 0 Å². The van der Waals surface area contributed by atoms with Gasteiger partial charge in [-0.15, -0.1) is 11.3 Å². The monoisotopic (exact) mass is 280 g/mol. The highest BCUT2D eigenvalue weighted by Crippen LogP contribution is 2.36. The Labute approximate surface area is 119 Å². The van der Waals surface area contributed by atoms with Gasteiger partial charge in [0.05, 0.1) is 11.2 Å². The summed E-state index contributed by atoms with van der Waals surface area (Å²) in [5.41, 5.74) is 9.44. The van der Waals surface area contributed by atoms with Crippen LogP contribution in [-0.2, 0) is 6.54 Å². The lowest BCUT2D eigenvalue weighted by molar-refractivity contribution is 0.0214. The zero-order valence-electron chi connectivity index (χ0n) is 11.7. The average molecular weight is 280 g/mol. The summed E-state index contributed by atoms with van der Waals surface area (Å²) in [5.74, 6) is 0. The Morgan fingerprint density at radius 2 is 2.47 bits per heavy atom. The number of likely N-dealkylation sites (N-methyl/N-ethyl adjacent to an activating group) is 1. The van der Waals surface area contributed by atoms with Crippen molar-refractivity contribution < 1.29 is 0 Å². The van der Waals surface area contributed by atoms with Crippen molar-refractivity contribution in [2.75, 3.05) is 26.7 Å². The van der Waals surface area contributed by atoms with Crippen LogP contribution in [0.25, 0.3) is 0 Å². The van der Waals surface area contributed by atoms with Gasteiger partial charge in [0.15, 0.2) is 0 Å². The minimum absolute atomic E-state index is 0.176. The van der Waals surface area contributed by atoms with E-state index in [4.69, 9.17) is 5.73 Å². The standard InChI is InChI=1S/C14H24N4S/c1-17(8-12-9-19-11-16-12)14(10-15)4-6-18-5-2-3-13(18)7-14/h9,11,13H,2-8,10,15H2,1H3. The highest BCUT2D eigenvalue weighted by molar-refractivity contribution is 7.07. The van der Waals surface area contributed by atoms with Crippen LogP contribution < -0.4 is 5.73 Å². The number of rotatable bonds is 4. The fraction of sp³-hybridized carbons (Fsp3) is 0.786. The van der Waals surface area contributed by atoms with Crippen LogP contribution in [0, 0.1) is 0 Å². The second-order valence-corrected chi connectivity index (χ2v) is 6.77. The fourth-order valence-corrected chi connectivity index (χ4v) is 4.28. The van der Waals surface area contributed by atoms with Gasteiger partial charge in [0, 0.05) is 36.6 Å². The number of fused-ring (bicyclic) bond motifs is 1. The van der Waals surface area contributed by atoms with E-state index >= 15 is 0 Å². The Hall–Kier alpha value is -0.490. The smallest absolute Gasteiger partial charge is 0.0795 e. The van der Waals surface area contributed by atoms with Gasteiger partial charge in [-0.25, -0.2) is 4.98 Å². The molecule has 4 nitrogen and oxygen atoms in total. The van der Waals surface area contributed by atoms with E-state index in [1.807, 2.05) is 5.51 Å². The number of thiazole rings is 1. The van der Waals surface area contributed by atoms with Gasteiger partial charge in [0.25, 0.3) is 0 Å². The Morgan fingerprint density at radius 1 is 1.58 bits per heavy atom. The molecule has 0 aromatic carbocycles. The first-order chi connectivity index (χ1) is 9.23. The molecule has 0 aliphatic carbocycles. The summed E-state index contributed by atoms with van der Waals surface area (Å²) in [7, 11) is 2.22. The molecule has 2 aliphatic rings. The molecule has 0 spiro atoms. The first-order valence-corrected chi connectivity index (χ1v) is 8.20. The third kappa shape index (κ3) is 2.57. The van der Waals surface area contributed by atoms with Gasteiger partial charge < -0.3 is 10.6 Å². The molecule has 3 rings (SSSR count). The van der Waals surface area contributed by atoms with E-state index in [2.05, 4.69) is 27.2 Å². The van der Waals surface area contributed by atoms with E-state index < -0.39 is 0 Å². The van der Waals surface area contributed by atoms with Gasteiger partial charge in [-0.1, -0.05) is 0 Å². The lowest BCUT2D eigenvalue weighted by Gasteiger charge is -2.48. The minimum atomic E-state index is 0.176. The number of aromatic nitrogens is 1. The molecule has 2 aliphatic heterocycles. The molecule has 3 heterocycles. The number of hydrogen-bond acceptors (Lipinski definition) is 5. The maximum Gasteiger partial charge on any atom is 0.0795 e. The zero-order chi connectivity index (χ0) is 13.3. The molecule has 0 saturated carbocycles. The minimum Gasteiger partial charge on any atom is -0.329 e. The van der Waals surface area contributed by atoms with Crippen LogP contribution in [0.15, 0.2) is 10.9 Å². The maximum atomic E-state index is 6.17.